The molecule has 0 aliphatic carbocycles. The Morgan fingerprint density at radius 2 is 1.76 bits per heavy atom. The highest BCUT2D eigenvalue weighted by Gasteiger charge is 2.23. The van der Waals surface area contributed by atoms with Crippen LogP contribution in [0.1, 0.15) is 51.8 Å². The second-order valence-corrected chi connectivity index (χ2v) is 8.60. The van der Waals surface area contributed by atoms with E-state index < -0.39 is 0 Å². The number of hydrogen-bond acceptors (Lipinski definition) is 5. The minimum atomic E-state index is -0.153. The number of ether oxygens (including phenoxy) is 2. The summed E-state index contributed by atoms with van der Waals surface area (Å²) < 4.78 is 16.6. The van der Waals surface area contributed by atoms with Gasteiger partial charge in [0.2, 0.25) is 5.89 Å². The number of guanidine groups is 1. The summed E-state index contributed by atoms with van der Waals surface area (Å²) in [7, 11) is 5.03. The SMILES string of the molecule is CN=C(NCc1ncc(C(C)(C)C)o1)NCC(C)(C)c1ccc(OC)c(OC)c1. The summed E-state index contributed by atoms with van der Waals surface area (Å²) >= 11 is 0. The van der Waals surface area contributed by atoms with Gasteiger partial charge < -0.3 is 24.5 Å². The van der Waals surface area contributed by atoms with Gasteiger partial charge in [0.15, 0.2) is 17.5 Å². The van der Waals surface area contributed by atoms with Crippen LogP contribution in [0.3, 0.4) is 0 Å². The van der Waals surface area contributed by atoms with Gasteiger partial charge >= 0.3 is 0 Å². The van der Waals surface area contributed by atoms with E-state index in [-0.39, 0.29) is 10.8 Å². The quantitative estimate of drug-likeness (QED) is 0.544. The first-order valence-electron chi connectivity index (χ1n) is 9.73. The molecule has 0 saturated heterocycles. The Hall–Kier alpha value is -2.70. The van der Waals surface area contributed by atoms with Crippen molar-refractivity contribution in [1.29, 1.82) is 0 Å². The number of methoxy groups -OCH3 is 2. The second kappa shape index (κ2) is 9.20. The molecular weight excluding hydrogens is 368 g/mol. The van der Waals surface area contributed by atoms with E-state index in [4.69, 9.17) is 13.9 Å². The predicted octanol–water partition coefficient (Wildman–Crippen LogP) is 3.63. The van der Waals surface area contributed by atoms with Crippen LogP contribution in [-0.2, 0) is 17.4 Å². The molecule has 0 aliphatic heterocycles. The molecule has 2 N–H and O–H groups in total. The molecule has 7 nitrogen and oxygen atoms in total. The number of aliphatic imine (C=N–C) groups is 1. The molecule has 0 bridgehead atoms. The fourth-order valence-corrected chi connectivity index (χ4v) is 2.78. The molecular formula is C22H34N4O3. The molecule has 0 spiro atoms. The van der Waals surface area contributed by atoms with Crippen LogP contribution in [0.4, 0.5) is 0 Å². The van der Waals surface area contributed by atoms with E-state index in [0.29, 0.717) is 24.9 Å². The summed E-state index contributed by atoms with van der Waals surface area (Å²) in [6.07, 6.45) is 1.79. The number of hydrogen-bond donors (Lipinski definition) is 2. The fraction of sp³-hybridized carbons (Fsp3) is 0.545. The average Bonchev–Trinajstić information content (AvgIpc) is 3.17. The number of nitrogens with one attached hydrogen (secondary N) is 2. The van der Waals surface area contributed by atoms with Gasteiger partial charge in [-0.3, -0.25) is 4.99 Å². The highest BCUT2D eigenvalue weighted by molar-refractivity contribution is 5.79. The largest absolute Gasteiger partial charge is 0.493 e. The van der Waals surface area contributed by atoms with Crippen LogP contribution in [-0.4, -0.2) is 38.8 Å². The van der Waals surface area contributed by atoms with Crippen molar-refractivity contribution in [3.63, 3.8) is 0 Å². The number of rotatable bonds is 7. The molecule has 1 heterocycles. The molecule has 0 aliphatic rings. The van der Waals surface area contributed by atoms with Crippen LogP contribution < -0.4 is 20.1 Å². The molecule has 1 aromatic carbocycles. The van der Waals surface area contributed by atoms with E-state index in [2.05, 4.69) is 61.3 Å². The fourth-order valence-electron chi connectivity index (χ4n) is 2.78. The van der Waals surface area contributed by atoms with E-state index >= 15 is 0 Å². The summed E-state index contributed by atoms with van der Waals surface area (Å²) in [5, 5.41) is 6.63. The Labute approximate surface area is 173 Å². The molecule has 0 amide bonds. The number of oxazole rings is 1. The average molecular weight is 403 g/mol. The highest BCUT2D eigenvalue weighted by Crippen LogP contribution is 2.32. The summed E-state index contributed by atoms with van der Waals surface area (Å²) in [5.74, 6) is 3.63. The van der Waals surface area contributed by atoms with Crippen molar-refractivity contribution in [3.8, 4) is 11.5 Å². The van der Waals surface area contributed by atoms with Crippen molar-refractivity contribution in [2.75, 3.05) is 27.8 Å². The lowest BCUT2D eigenvalue weighted by molar-refractivity contribution is 0.353. The topological polar surface area (TPSA) is 80.9 Å². The Morgan fingerprint density at radius 3 is 2.31 bits per heavy atom. The Bertz CT molecular complexity index is 835. The molecule has 0 atom stereocenters. The monoisotopic (exact) mass is 402 g/mol. The lowest BCUT2D eigenvalue weighted by Crippen LogP contribution is -2.43. The summed E-state index contributed by atoms with van der Waals surface area (Å²) in [6.45, 7) is 11.8. The predicted molar refractivity (Wildman–Crippen MR) is 116 cm³/mol. The van der Waals surface area contributed by atoms with E-state index in [9.17, 15) is 0 Å². The van der Waals surface area contributed by atoms with Crippen LogP contribution in [0.15, 0.2) is 33.8 Å². The number of benzene rings is 1. The molecule has 7 heteroatoms. The van der Waals surface area contributed by atoms with Crippen LogP contribution in [0.2, 0.25) is 0 Å². The van der Waals surface area contributed by atoms with Crippen LogP contribution >= 0.6 is 0 Å². The Morgan fingerprint density at radius 1 is 1.07 bits per heavy atom. The zero-order valence-electron chi connectivity index (χ0n) is 18.8. The van der Waals surface area contributed by atoms with Gasteiger partial charge in [-0.1, -0.05) is 40.7 Å². The molecule has 2 aromatic rings. The Balaban J connectivity index is 1.98. The summed E-state index contributed by atoms with van der Waals surface area (Å²) in [6, 6.07) is 6.00. The van der Waals surface area contributed by atoms with E-state index in [1.807, 2.05) is 12.1 Å². The molecule has 29 heavy (non-hydrogen) atoms. The van der Waals surface area contributed by atoms with Gasteiger partial charge in [-0.2, -0.15) is 0 Å². The third-order valence-electron chi connectivity index (χ3n) is 4.79. The Kier molecular flexibility index (Phi) is 7.16. The standard InChI is InChI=1S/C22H34N4O3/c1-21(2,3)18-12-24-19(29-18)13-25-20(23-6)26-14-22(4,5)15-9-10-16(27-7)17(11-15)28-8/h9-12H,13-14H2,1-8H3,(H2,23,25,26). The first-order chi connectivity index (χ1) is 13.6. The van der Waals surface area contributed by atoms with Gasteiger partial charge in [-0.05, 0) is 17.7 Å². The number of nitrogens with zero attached hydrogens (tertiary/aromatic N) is 2. The van der Waals surface area contributed by atoms with Crippen molar-refractivity contribution in [3.05, 3.63) is 41.6 Å². The zero-order chi connectivity index (χ0) is 21.7. The van der Waals surface area contributed by atoms with Crippen molar-refractivity contribution >= 4 is 5.96 Å². The van der Waals surface area contributed by atoms with Crippen molar-refractivity contribution in [2.45, 2.75) is 52.0 Å². The van der Waals surface area contributed by atoms with Crippen LogP contribution in [0.5, 0.6) is 11.5 Å². The first-order valence-corrected chi connectivity index (χ1v) is 9.73. The maximum absolute atomic E-state index is 5.82. The molecule has 160 valence electrons. The minimum absolute atomic E-state index is 0.0609. The molecule has 0 fully saturated rings. The van der Waals surface area contributed by atoms with Crippen molar-refractivity contribution in [1.82, 2.24) is 15.6 Å². The minimum Gasteiger partial charge on any atom is -0.493 e. The smallest absolute Gasteiger partial charge is 0.213 e. The van der Waals surface area contributed by atoms with E-state index in [0.717, 1.165) is 22.8 Å². The van der Waals surface area contributed by atoms with Gasteiger partial charge in [-0.15, -0.1) is 0 Å². The van der Waals surface area contributed by atoms with Crippen LogP contribution in [0.25, 0.3) is 0 Å². The third kappa shape index (κ3) is 5.89. The lowest BCUT2D eigenvalue weighted by Gasteiger charge is -2.27. The molecule has 0 radical (unpaired) electrons. The van der Waals surface area contributed by atoms with Crippen LogP contribution in [0, 0.1) is 0 Å². The molecule has 1 aromatic heterocycles. The van der Waals surface area contributed by atoms with E-state index in [1.165, 1.54) is 0 Å². The van der Waals surface area contributed by atoms with Gasteiger partial charge in [0.25, 0.3) is 0 Å². The zero-order valence-corrected chi connectivity index (χ0v) is 18.8. The van der Waals surface area contributed by atoms with Crippen molar-refractivity contribution in [2.24, 2.45) is 4.99 Å². The van der Waals surface area contributed by atoms with Gasteiger partial charge in [0.1, 0.15) is 5.76 Å². The molecule has 2 rings (SSSR count). The number of aromatic nitrogens is 1. The molecule has 0 unspecified atom stereocenters. The lowest BCUT2D eigenvalue weighted by atomic mass is 9.84. The van der Waals surface area contributed by atoms with Gasteiger partial charge in [-0.25, -0.2) is 4.98 Å². The second-order valence-electron chi connectivity index (χ2n) is 8.60. The normalized spacial score (nSPS) is 12.6. The summed E-state index contributed by atoms with van der Waals surface area (Å²) in [5.41, 5.74) is 0.925. The van der Waals surface area contributed by atoms with Gasteiger partial charge in [0.05, 0.1) is 27.0 Å². The maximum Gasteiger partial charge on any atom is 0.213 e. The highest BCUT2D eigenvalue weighted by atomic mass is 16.5. The van der Waals surface area contributed by atoms with Crippen molar-refractivity contribution < 1.29 is 13.9 Å². The third-order valence-corrected chi connectivity index (χ3v) is 4.79. The first kappa shape index (κ1) is 22.6. The van der Waals surface area contributed by atoms with E-state index in [1.54, 1.807) is 27.5 Å². The summed E-state index contributed by atoms with van der Waals surface area (Å²) in [4.78, 5) is 8.64. The van der Waals surface area contributed by atoms with Gasteiger partial charge in [0, 0.05) is 24.4 Å². The molecule has 0 saturated carbocycles. The maximum atomic E-state index is 5.82.